The number of aromatic nitrogens is 1. The molecule has 0 aliphatic carbocycles. The number of benzene rings is 2. The highest BCUT2D eigenvalue weighted by atomic mass is 19.4. The minimum atomic E-state index is -4.83. The fourth-order valence-electron chi connectivity index (χ4n) is 3.20. The van der Waals surface area contributed by atoms with Gasteiger partial charge in [-0.25, -0.2) is 8.78 Å². The number of alkyl halides is 5. The Labute approximate surface area is 184 Å². The van der Waals surface area contributed by atoms with E-state index >= 15 is 8.78 Å². The summed E-state index contributed by atoms with van der Waals surface area (Å²) in [5, 5.41) is 0. The summed E-state index contributed by atoms with van der Waals surface area (Å²) in [7, 11) is 0. The zero-order valence-corrected chi connectivity index (χ0v) is 17.4. The number of epoxide rings is 1. The predicted molar refractivity (Wildman–Crippen MR) is 106 cm³/mol. The summed E-state index contributed by atoms with van der Waals surface area (Å²) < 4.78 is 103. The van der Waals surface area contributed by atoms with Crippen LogP contribution in [0.3, 0.4) is 0 Å². The molecule has 1 aromatic heterocycles. The molecule has 0 radical (unpaired) electrons. The molecule has 2 aromatic carbocycles. The van der Waals surface area contributed by atoms with Gasteiger partial charge in [-0.2, -0.15) is 8.78 Å². The van der Waals surface area contributed by atoms with Gasteiger partial charge in [0, 0.05) is 23.4 Å². The molecule has 0 saturated carbocycles. The number of ether oxygens (including phenoxy) is 2. The third-order valence-corrected chi connectivity index (χ3v) is 4.81. The first-order valence-electron chi connectivity index (χ1n) is 9.82. The monoisotopic (exact) mass is 473 g/mol. The number of rotatable bonds is 5. The molecule has 33 heavy (non-hydrogen) atoms. The smallest absolute Gasteiger partial charge is 0.406 e. The van der Waals surface area contributed by atoms with Gasteiger partial charge in [-0.1, -0.05) is 32.0 Å². The van der Waals surface area contributed by atoms with Crippen LogP contribution in [0.4, 0.5) is 30.7 Å². The van der Waals surface area contributed by atoms with Crippen molar-refractivity contribution in [2.24, 2.45) is 0 Å². The SMILES string of the molecule is CC.Fc1ccc(C2(C(F)(F)c3ccc(-c4ccc(OC(F)(F)F)cc4)cn3)CO2)c(F)c1. The second kappa shape index (κ2) is 9.01. The molecule has 3 nitrogen and oxygen atoms in total. The predicted octanol–water partition coefficient (Wildman–Crippen LogP) is 6.97. The largest absolute Gasteiger partial charge is 0.573 e. The zero-order valence-electron chi connectivity index (χ0n) is 17.4. The highest BCUT2D eigenvalue weighted by Gasteiger charge is 2.68. The van der Waals surface area contributed by atoms with Gasteiger partial charge in [-0.3, -0.25) is 4.98 Å². The van der Waals surface area contributed by atoms with E-state index in [1.165, 1.54) is 18.2 Å². The molecular weight excluding hydrogens is 455 g/mol. The quantitative estimate of drug-likeness (QED) is 0.297. The number of halogens is 7. The lowest BCUT2D eigenvalue weighted by Crippen LogP contribution is -2.34. The van der Waals surface area contributed by atoms with Crippen LogP contribution in [0, 0.1) is 11.6 Å². The van der Waals surface area contributed by atoms with Gasteiger partial charge in [0.1, 0.15) is 23.1 Å². The Kier molecular flexibility index (Phi) is 6.69. The van der Waals surface area contributed by atoms with Crippen molar-refractivity contribution in [3.05, 3.63) is 83.7 Å². The third kappa shape index (κ3) is 4.95. The molecule has 0 bridgehead atoms. The molecule has 0 amide bonds. The lowest BCUT2D eigenvalue weighted by Gasteiger charge is -2.24. The fourth-order valence-corrected chi connectivity index (χ4v) is 3.20. The maximum absolute atomic E-state index is 15.1. The molecule has 1 aliphatic heterocycles. The Morgan fingerprint density at radius 1 is 0.879 bits per heavy atom. The van der Waals surface area contributed by atoms with Crippen LogP contribution in [0.5, 0.6) is 5.75 Å². The van der Waals surface area contributed by atoms with E-state index in [1.54, 1.807) is 0 Å². The molecule has 4 rings (SSSR count). The highest BCUT2D eigenvalue weighted by molar-refractivity contribution is 5.63. The summed E-state index contributed by atoms with van der Waals surface area (Å²) in [6.45, 7) is 3.52. The maximum atomic E-state index is 15.1. The van der Waals surface area contributed by atoms with E-state index in [-0.39, 0.29) is 0 Å². The Balaban J connectivity index is 0.00000149. The molecule has 10 heteroatoms. The molecular formula is C23H18F7NO2. The van der Waals surface area contributed by atoms with Crippen LogP contribution in [0.15, 0.2) is 60.8 Å². The van der Waals surface area contributed by atoms with Gasteiger partial charge < -0.3 is 9.47 Å². The molecule has 2 heterocycles. The normalized spacial score (nSPS) is 17.7. The van der Waals surface area contributed by atoms with Gasteiger partial charge in [0.05, 0.1) is 6.61 Å². The van der Waals surface area contributed by atoms with Crippen molar-refractivity contribution >= 4 is 0 Å². The molecule has 1 atom stereocenters. The third-order valence-electron chi connectivity index (χ3n) is 4.81. The van der Waals surface area contributed by atoms with Crippen molar-refractivity contribution < 1.29 is 40.2 Å². The van der Waals surface area contributed by atoms with Crippen LogP contribution in [0.1, 0.15) is 25.1 Å². The van der Waals surface area contributed by atoms with E-state index in [0.717, 1.165) is 36.5 Å². The van der Waals surface area contributed by atoms with E-state index in [9.17, 15) is 22.0 Å². The van der Waals surface area contributed by atoms with Crippen LogP contribution >= 0.6 is 0 Å². The topological polar surface area (TPSA) is 34.6 Å². The van der Waals surface area contributed by atoms with E-state index in [0.29, 0.717) is 17.2 Å². The summed E-state index contributed by atoms with van der Waals surface area (Å²) in [6, 6.07) is 9.37. The van der Waals surface area contributed by atoms with Gasteiger partial charge in [-0.15, -0.1) is 13.2 Å². The number of nitrogens with zero attached hydrogens (tertiary/aromatic N) is 1. The minimum absolute atomic E-state index is 0.358. The van der Waals surface area contributed by atoms with Gasteiger partial charge in [0.25, 0.3) is 0 Å². The summed E-state index contributed by atoms with van der Waals surface area (Å²) in [5.41, 5.74) is -2.70. The van der Waals surface area contributed by atoms with E-state index in [1.807, 2.05) is 13.8 Å². The lowest BCUT2D eigenvalue weighted by atomic mass is 9.90. The first-order valence-corrected chi connectivity index (χ1v) is 9.82. The van der Waals surface area contributed by atoms with Gasteiger partial charge >= 0.3 is 12.3 Å². The Hall–Kier alpha value is -3.14. The fraction of sp³-hybridized carbons (Fsp3) is 0.261. The summed E-state index contributed by atoms with van der Waals surface area (Å²) in [4.78, 5) is 3.75. The van der Waals surface area contributed by atoms with Crippen molar-refractivity contribution in [2.45, 2.75) is 31.7 Å². The second-order valence-corrected chi connectivity index (χ2v) is 6.82. The highest BCUT2D eigenvalue weighted by Crippen LogP contribution is 2.56. The molecule has 1 fully saturated rings. The van der Waals surface area contributed by atoms with Crippen LogP contribution in [-0.2, 0) is 16.3 Å². The van der Waals surface area contributed by atoms with Crippen LogP contribution < -0.4 is 4.74 Å². The van der Waals surface area contributed by atoms with E-state index in [2.05, 4.69) is 9.72 Å². The Morgan fingerprint density at radius 2 is 1.48 bits per heavy atom. The van der Waals surface area contributed by atoms with Crippen molar-refractivity contribution in [1.29, 1.82) is 0 Å². The molecule has 0 spiro atoms. The molecule has 0 N–H and O–H groups in total. The van der Waals surface area contributed by atoms with Gasteiger partial charge in [0.2, 0.25) is 0 Å². The Morgan fingerprint density at radius 3 is 1.97 bits per heavy atom. The first-order chi connectivity index (χ1) is 15.5. The van der Waals surface area contributed by atoms with Crippen LogP contribution in [0.25, 0.3) is 11.1 Å². The molecule has 176 valence electrons. The zero-order chi connectivity index (χ0) is 24.4. The van der Waals surface area contributed by atoms with E-state index in [4.69, 9.17) is 4.74 Å². The summed E-state index contributed by atoms with van der Waals surface area (Å²) in [6.07, 6.45) is -3.72. The van der Waals surface area contributed by atoms with Gasteiger partial charge in [0.15, 0.2) is 5.60 Å². The summed E-state index contributed by atoms with van der Waals surface area (Å²) >= 11 is 0. The average molecular weight is 473 g/mol. The minimum Gasteiger partial charge on any atom is -0.406 e. The van der Waals surface area contributed by atoms with Crippen molar-refractivity contribution in [1.82, 2.24) is 4.98 Å². The van der Waals surface area contributed by atoms with Crippen LogP contribution in [0.2, 0.25) is 0 Å². The van der Waals surface area contributed by atoms with E-state index < -0.39 is 53.1 Å². The lowest BCUT2D eigenvalue weighted by molar-refractivity contribution is -0.274. The molecule has 1 aliphatic rings. The van der Waals surface area contributed by atoms with Crippen molar-refractivity contribution in [3.63, 3.8) is 0 Å². The number of pyridine rings is 1. The average Bonchev–Trinajstić information content (AvgIpc) is 3.57. The second-order valence-electron chi connectivity index (χ2n) is 6.82. The Bertz CT molecular complexity index is 1090. The van der Waals surface area contributed by atoms with Crippen molar-refractivity contribution in [3.8, 4) is 16.9 Å². The van der Waals surface area contributed by atoms with Crippen LogP contribution in [-0.4, -0.2) is 18.0 Å². The summed E-state index contributed by atoms with van der Waals surface area (Å²) in [5.74, 6) is -6.22. The van der Waals surface area contributed by atoms with Gasteiger partial charge in [-0.05, 0) is 35.9 Å². The number of hydrogen-bond donors (Lipinski definition) is 0. The molecule has 1 unspecified atom stereocenters. The molecule has 1 saturated heterocycles. The molecule has 3 aromatic rings. The number of hydrogen-bond acceptors (Lipinski definition) is 3. The van der Waals surface area contributed by atoms with Crippen molar-refractivity contribution in [2.75, 3.05) is 6.61 Å². The first kappa shape index (κ1) is 24.5. The maximum Gasteiger partial charge on any atom is 0.573 e. The standard InChI is InChI=1S/C21H12F7NO2.C2H6/c22-14-4-7-16(17(23)9-14)19(11-30-19)20(24,25)18-8-3-13(10-29-18)12-1-5-15(6-2-12)31-21(26,27)28;1-2/h1-10H,11H2;1-2H3.